The molecule has 11 heteroatoms. The Labute approximate surface area is 147 Å². The van der Waals surface area contributed by atoms with E-state index in [9.17, 15) is 28.1 Å². The van der Waals surface area contributed by atoms with Crippen molar-refractivity contribution in [2.24, 2.45) is 0 Å². The third kappa shape index (κ3) is 3.78. The smallest absolute Gasteiger partial charge is 0.335 e. The molecule has 0 atom stereocenters. The predicted molar refractivity (Wildman–Crippen MR) is 88.7 cm³/mol. The van der Waals surface area contributed by atoms with Crippen molar-refractivity contribution in [3.05, 3.63) is 64.2 Å². The van der Waals surface area contributed by atoms with E-state index >= 15 is 0 Å². The van der Waals surface area contributed by atoms with E-state index < -0.39 is 44.0 Å². The van der Waals surface area contributed by atoms with Gasteiger partial charge in [0.15, 0.2) is 4.90 Å². The van der Waals surface area contributed by atoms with Gasteiger partial charge in [-0.25, -0.2) is 13.2 Å². The number of benzene rings is 2. The van der Waals surface area contributed by atoms with Crippen molar-refractivity contribution in [1.29, 1.82) is 0 Å². The van der Waals surface area contributed by atoms with E-state index in [2.05, 4.69) is 0 Å². The second-order valence-corrected chi connectivity index (χ2v) is 6.81. The summed E-state index contributed by atoms with van der Waals surface area (Å²) in [6.45, 7) is -0.999. The van der Waals surface area contributed by atoms with Gasteiger partial charge < -0.3 is 10.2 Å². The summed E-state index contributed by atoms with van der Waals surface area (Å²) < 4.78 is 26.2. The maximum absolute atomic E-state index is 12.9. The third-order valence-electron chi connectivity index (χ3n) is 3.31. The van der Waals surface area contributed by atoms with Crippen LogP contribution < -0.4 is 4.31 Å². The number of carbonyl (C=O) groups is 2. The summed E-state index contributed by atoms with van der Waals surface area (Å²) >= 11 is 0. The molecule has 0 fully saturated rings. The van der Waals surface area contributed by atoms with Gasteiger partial charge in [0.05, 0.1) is 16.2 Å². The number of carboxylic acid groups (broad SMARTS) is 2. The van der Waals surface area contributed by atoms with E-state index in [1.54, 1.807) is 0 Å². The Hall–Kier alpha value is -3.47. The quantitative estimate of drug-likeness (QED) is 0.541. The maximum Gasteiger partial charge on any atom is 0.335 e. The average molecular weight is 380 g/mol. The van der Waals surface area contributed by atoms with Crippen molar-refractivity contribution in [1.82, 2.24) is 0 Å². The van der Waals surface area contributed by atoms with Crippen LogP contribution in [0.5, 0.6) is 0 Å². The zero-order valence-electron chi connectivity index (χ0n) is 13.0. The summed E-state index contributed by atoms with van der Waals surface area (Å²) in [7, 11) is -4.59. The van der Waals surface area contributed by atoms with E-state index in [1.165, 1.54) is 12.1 Å². The lowest BCUT2D eigenvalue weighted by molar-refractivity contribution is -0.387. The van der Waals surface area contributed by atoms with Crippen LogP contribution in [0.15, 0.2) is 53.4 Å². The number of nitrogens with zero attached hydrogens (tertiary/aromatic N) is 2. The molecule has 0 radical (unpaired) electrons. The molecular weight excluding hydrogens is 368 g/mol. The van der Waals surface area contributed by atoms with Crippen LogP contribution in [0.25, 0.3) is 0 Å². The lowest BCUT2D eigenvalue weighted by Gasteiger charge is -2.22. The van der Waals surface area contributed by atoms with Crippen LogP contribution in [-0.2, 0) is 14.8 Å². The second-order valence-electron chi connectivity index (χ2n) is 4.98. The number of hydrogen-bond donors (Lipinski definition) is 2. The number of nitro groups is 1. The molecule has 0 saturated carbocycles. The van der Waals surface area contributed by atoms with Gasteiger partial charge in [0.2, 0.25) is 0 Å². The number of nitro benzene ring substituents is 1. The second kappa shape index (κ2) is 7.19. The fraction of sp³-hybridized carbons (Fsp3) is 0.0667. The molecule has 0 saturated heterocycles. The Bertz CT molecular complexity index is 969. The van der Waals surface area contributed by atoms with Crippen LogP contribution >= 0.6 is 0 Å². The lowest BCUT2D eigenvalue weighted by atomic mass is 10.2. The first-order chi connectivity index (χ1) is 12.1. The Balaban J connectivity index is 2.61. The molecule has 0 aliphatic heterocycles. The molecule has 2 aromatic carbocycles. The molecular formula is C15H12N2O8S. The van der Waals surface area contributed by atoms with E-state index in [0.29, 0.717) is 4.31 Å². The molecule has 0 heterocycles. The fourth-order valence-electron chi connectivity index (χ4n) is 2.15. The third-order valence-corrected chi connectivity index (χ3v) is 5.13. The van der Waals surface area contributed by atoms with E-state index in [1.807, 2.05) is 0 Å². The zero-order chi connectivity index (χ0) is 19.5. The van der Waals surface area contributed by atoms with Crippen molar-refractivity contribution in [3.8, 4) is 0 Å². The minimum Gasteiger partial charge on any atom is -0.480 e. The van der Waals surface area contributed by atoms with Crippen LogP contribution in [-0.4, -0.2) is 42.0 Å². The average Bonchev–Trinajstić information content (AvgIpc) is 2.59. The van der Waals surface area contributed by atoms with Crippen LogP contribution in [0.1, 0.15) is 10.4 Å². The Morgan fingerprint density at radius 2 is 1.62 bits per heavy atom. The monoisotopic (exact) mass is 380 g/mol. The standard InChI is InChI=1S/C15H12N2O8S/c18-14(19)9-16(11-7-5-10(6-8-11)15(20)21)26(24,25)13-4-2-1-3-12(13)17(22)23/h1-8H,9H2,(H,18,19)(H,20,21). The summed E-state index contributed by atoms with van der Waals surface area (Å²) in [5, 5.41) is 29.0. The van der Waals surface area contributed by atoms with Crippen molar-refractivity contribution in [2.45, 2.75) is 4.90 Å². The molecule has 10 nitrogen and oxygen atoms in total. The van der Waals surface area contributed by atoms with Crippen molar-refractivity contribution in [2.75, 3.05) is 10.8 Å². The molecule has 0 amide bonds. The van der Waals surface area contributed by atoms with Gasteiger partial charge in [0, 0.05) is 6.07 Å². The van der Waals surface area contributed by atoms with Crippen molar-refractivity contribution < 1.29 is 33.1 Å². The van der Waals surface area contributed by atoms with E-state index in [-0.39, 0.29) is 11.3 Å². The molecule has 2 N–H and O–H groups in total. The van der Waals surface area contributed by atoms with Gasteiger partial charge in [0.1, 0.15) is 6.54 Å². The minimum atomic E-state index is -4.59. The number of para-hydroxylation sites is 1. The van der Waals surface area contributed by atoms with Crippen LogP contribution in [0.4, 0.5) is 11.4 Å². The largest absolute Gasteiger partial charge is 0.480 e. The van der Waals surface area contributed by atoms with Gasteiger partial charge in [0.25, 0.3) is 15.7 Å². The molecule has 0 aliphatic rings. The van der Waals surface area contributed by atoms with Crippen molar-refractivity contribution in [3.63, 3.8) is 0 Å². The van der Waals surface area contributed by atoms with Gasteiger partial charge in [-0.05, 0) is 30.3 Å². The van der Waals surface area contributed by atoms with Gasteiger partial charge >= 0.3 is 11.9 Å². The Morgan fingerprint density at radius 3 is 2.12 bits per heavy atom. The SMILES string of the molecule is O=C(O)CN(c1ccc(C(=O)O)cc1)S(=O)(=O)c1ccccc1[N+](=O)[O-]. The number of anilines is 1. The molecule has 136 valence electrons. The summed E-state index contributed by atoms with van der Waals surface area (Å²) in [4.78, 5) is 31.6. The molecule has 0 spiro atoms. The number of rotatable bonds is 7. The zero-order valence-corrected chi connectivity index (χ0v) is 13.8. The van der Waals surface area contributed by atoms with E-state index in [4.69, 9.17) is 10.2 Å². The number of sulfonamides is 1. The maximum atomic E-state index is 12.9. The highest BCUT2D eigenvalue weighted by Crippen LogP contribution is 2.29. The summed E-state index contributed by atoms with van der Waals surface area (Å²) in [5.41, 5.74) is -0.979. The van der Waals surface area contributed by atoms with Crippen molar-refractivity contribution >= 4 is 33.3 Å². The van der Waals surface area contributed by atoms with Gasteiger partial charge in [-0.3, -0.25) is 19.2 Å². The van der Waals surface area contributed by atoms with Gasteiger partial charge in [-0.15, -0.1) is 0 Å². The summed E-state index contributed by atoms with van der Waals surface area (Å²) in [6.07, 6.45) is 0. The van der Waals surface area contributed by atoms with Gasteiger partial charge in [-0.2, -0.15) is 0 Å². The van der Waals surface area contributed by atoms with Crippen LogP contribution in [0, 0.1) is 10.1 Å². The first-order valence-corrected chi connectivity index (χ1v) is 8.40. The normalized spacial score (nSPS) is 10.9. The van der Waals surface area contributed by atoms with Gasteiger partial charge in [-0.1, -0.05) is 12.1 Å². The first kappa shape index (κ1) is 18.9. The number of aromatic carboxylic acids is 1. The minimum absolute atomic E-state index is 0.132. The fourth-order valence-corrected chi connectivity index (χ4v) is 3.73. The molecule has 0 aliphatic carbocycles. The number of aliphatic carboxylic acids is 1. The van der Waals surface area contributed by atoms with Crippen LogP contribution in [0.3, 0.4) is 0 Å². The summed E-state index contributed by atoms with van der Waals surface area (Å²) in [5.74, 6) is -2.74. The molecule has 2 rings (SSSR count). The molecule has 2 aromatic rings. The topological polar surface area (TPSA) is 155 Å². The molecule has 0 aromatic heterocycles. The predicted octanol–water partition coefficient (Wildman–Crippen LogP) is 1.57. The molecule has 0 unspecified atom stereocenters. The lowest BCUT2D eigenvalue weighted by Crippen LogP contribution is -2.36. The Morgan fingerprint density at radius 1 is 1.04 bits per heavy atom. The van der Waals surface area contributed by atoms with Crippen LogP contribution in [0.2, 0.25) is 0 Å². The highest BCUT2D eigenvalue weighted by atomic mass is 32.2. The Kier molecular flexibility index (Phi) is 5.22. The number of hydrogen-bond acceptors (Lipinski definition) is 6. The number of carboxylic acids is 2. The van der Waals surface area contributed by atoms with E-state index in [0.717, 1.165) is 36.4 Å². The molecule has 26 heavy (non-hydrogen) atoms. The first-order valence-electron chi connectivity index (χ1n) is 6.96. The highest BCUT2D eigenvalue weighted by molar-refractivity contribution is 7.93. The molecule has 0 bridgehead atoms. The summed E-state index contributed by atoms with van der Waals surface area (Å²) in [6, 6.07) is 8.94. The highest BCUT2D eigenvalue weighted by Gasteiger charge is 2.33.